The van der Waals surface area contributed by atoms with Crippen LogP contribution in [0, 0.1) is 17.7 Å². The molecule has 0 saturated heterocycles. The minimum Gasteiger partial charge on any atom is -0.461 e. The standard InChI is InChI=1S/C26H19ClFN3O2/c1-3-33-26(32)24-23(30-25(31(24)2)22-20(27)10-7-11-21(22)28)18-13-15-19(29-16-18)14-12-17-8-5-4-6-9-17/h4-11,13,15-16H,3H2,1-2H3. The third kappa shape index (κ3) is 4.64. The number of hydrogen-bond donors (Lipinski definition) is 0. The zero-order valence-corrected chi connectivity index (χ0v) is 18.7. The number of hydrogen-bond acceptors (Lipinski definition) is 4. The molecule has 0 aliphatic carbocycles. The molecule has 0 aliphatic rings. The number of benzene rings is 2. The van der Waals surface area contributed by atoms with Crippen molar-refractivity contribution in [3.63, 3.8) is 0 Å². The van der Waals surface area contributed by atoms with Crippen LogP contribution in [0.2, 0.25) is 5.02 Å². The summed E-state index contributed by atoms with van der Waals surface area (Å²) in [5.74, 6) is 5.16. The molecule has 2 heterocycles. The molecule has 0 spiro atoms. The van der Waals surface area contributed by atoms with E-state index >= 15 is 0 Å². The summed E-state index contributed by atoms with van der Waals surface area (Å²) >= 11 is 6.25. The maximum Gasteiger partial charge on any atom is 0.357 e. The van der Waals surface area contributed by atoms with Crippen LogP contribution >= 0.6 is 11.6 Å². The summed E-state index contributed by atoms with van der Waals surface area (Å²) in [5, 5.41) is 0.190. The van der Waals surface area contributed by atoms with Gasteiger partial charge in [-0.1, -0.05) is 41.8 Å². The Labute approximate surface area is 195 Å². The summed E-state index contributed by atoms with van der Waals surface area (Å²) < 4.78 is 21.3. The summed E-state index contributed by atoms with van der Waals surface area (Å²) in [6, 6.07) is 17.5. The van der Waals surface area contributed by atoms with Crippen LogP contribution in [0.4, 0.5) is 4.39 Å². The van der Waals surface area contributed by atoms with E-state index in [9.17, 15) is 9.18 Å². The van der Waals surface area contributed by atoms with Crippen LogP contribution in [0.1, 0.15) is 28.7 Å². The second-order valence-electron chi connectivity index (χ2n) is 7.06. The molecule has 7 heteroatoms. The molecule has 0 bridgehead atoms. The fourth-order valence-corrected chi connectivity index (χ4v) is 3.58. The van der Waals surface area contributed by atoms with Gasteiger partial charge < -0.3 is 9.30 Å². The largest absolute Gasteiger partial charge is 0.461 e. The number of halogens is 2. The lowest BCUT2D eigenvalue weighted by molar-refractivity contribution is 0.0516. The molecule has 0 unspecified atom stereocenters. The highest BCUT2D eigenvalue weighted by Gasteiger charge is 2.26. The van der Waals surface area contributed by atoms with Crippen molar-refractivity contribution < 1.29 is 13.9 Å². The summed E-state index contributed by atoms with van der Waals surface area (Å²) in [5.41, 5.74) is 2.61. The van der Waals surface area contributed by atoms with E-state index < -0.39 is 11.8 Å². The number of carbonyl (C=O) groups is 1. The minimum atomic E-state index is -0.575. The Morgan fingerprint density at radius 2 is 1.88 bits per heavy atom. The van der Waals surface area contributed by atoms with Gasteiger partial charge in [-0.05, 0) is 49.2 Å². The molecule has 5 nitrogen and oxygen atoms in total. The summed E-state index contributed by atoms with van der Waals surface area (Å²) in [6.45, 7) is 1.90. The SMILES string of the molecule is CCOC(=O)c1c(-c2ccc(C#Cc3ccccc3)nc2)nc(-c2c(F)cccc2Cl)n1C. The molecular formula is C26H19ClFN3O2. The van der Waals surface area contributed by atoms with Crippen LogP contribution in [-0.4, -0.2) is 27.1 Å². The fraction of sp³-hybridized carbons (Fsp3) is 0.115. The number of carbonyl (C=O) groups excluding carboxylic acids is 1. The topological polar surface area (TPSA) is 57.0 Å². The molecule has 0 fully saturated rings. The van der Waals surface area contributed by atoms with E-state index in [1.54, 1.807) is 38.4 Å². The van der Waals surface area contributed by atoms with Crippen molar-refractivity contribution in [2.45, 2.75) is 6.92 Å². The van der Waals surface area contributed by atoms with Gasteiger partial charge in [-0.2, -0.15) is 0 Å². The molecule has 0 atom stereocenters. The Morgan fingerprint density at radius 3 is 2.55 bits per heavy atom. The van der Waals surface area contributed by atoms with E-state index in [4.69, 9.17) is 16.3 Å². The zero-order valence-electron chi connectivity index (χ0n) is 18.0. The lowest BCUT2D eigenvalue weighted by Crippen LogP contribution is -2.12. The van der Waals surface area contributed by atoms with Gasteiger partial charge >= 0.3 is 5.97 Å². The van der Waals surface area contributed by atoms with E-state index in [0.29, 0.717) is 17.0 Å². The molecule has 0 amide bonds. The molecule has 164 valence electrons. The van der Waals surface area contributed by atoms with Gasteiger partial charge in [0.2, 0.25) is 0 Å². The third-order valence-electron chi connectivity index (χ3n) is 4.90. The summed E-state index contributed by atoms with van der Waals surface area (Å²) in [7, 11) is 1.62. The summed E-state index contributed by atoms with van der Waals surface area (Å²) in [4.78, 5) is 21.7. The first-order valence-electron chi connectivity index (χ1n) is 10.2. The van der Waals surface area contributed by atoms with Crippen molar-refractivity contribution in [2.75, 3.05) is 6.61 Å². The normalized spacial score (nSPS) is 10.4. The molecule has 4 aromatic rings. The van der Waals surface area contributed by atoms with Crippen LogP contribution in [-0.2, 0) is 11.8 Å². The molecule has 33 heavy (non-hydrogen) atoms. The van der Waals surface area contributed by atoms with Gasteiger partial charge in [-0.25, -0.2) is 19.2 Å². The molecule has 2 aromatic carbocycles. The molecule has 2 aromatic heterocycles. The van der Waals surface area contributed by atoms with Crippen LogP contribution in [0.25, 0.3) is 22.6 Å². The van der Waals surface area contributed by atoms with Gasteiger partial charge in [0, 0.05) is 24.4 Å². The highest BCUT2D eigenvalue weighted by Crippen LogP contribution is 2.34. The molecule has 0 radical (unpaired) electrons. The number of imidazole rings is 1. The highest BCUT2D eigenvalue weighted by atomic mass is 35.5. The van der Waals surface area contributed by atoms with E-state index in [1.807, 2.05) is 30.3 Å². The quantitative estimate of drug-likeness (QED) is 0.298. The smallest absolute Gasteiger partial charge is 0.357 e. The average molecular weight is 460 g/mol. The molecular weight excluding hydrogens is 441 g/mol. The molecule has 0 saturated carbocycles. The summed E-state index contributed by atoms with van der Waals surface area (Å²) in [6.07, 6.45) is 1.58. The molecule has 0 N–H and O–H groups in total. The highest BCUT2D eigenvalue weighted by molar-refractivity contribution is 6.33. The first-order valence-corrected chi connectivity index (χ1v) is 10.6. The van der Waals surface area contributed by atoms with Crippen LogP contribution < -0.4 is 0 Å². The maximum absolute atomic E-state index is 14.6. The Morgan fingerprint density at radius 1 is 1.09 bits per heavy atom. The van der Waals surface area contributed by atoms with Crippen molar-refractivity contribution >= 4 is 17.6 Å². The number of rotatable bonds is 4. The van der Waals surface area contributed by atoms with Crippen molar-refractivity contribution in [1.29, 1.82) is 0 Å². The number of ether oxygens (including phenoxy) is 1. The van der Waals surface area contributed by atoms with Crippen molar-refractivity contribution in [3.8, 4) is 34.5 Å². The van der Waals surface area contributed by atoms with Crippen LogP contribution in [0.3, 0.4) is 0 Å². The lowest BCUT2D eigenvalue weighted by atomic mass is 10.1. The van der Waals surface area contributed by atoms with Crippen LogP contribution in [0.5, 0.6) is 0 Å². The monoisotopic (exact) mass is 459 g/mol. The Balaban J connectivity index is 1.78. The van der Waals surface area contributed by atoms with Gasteiger partial charge in [0.1, 0.15) is 23.0 Å². The minimum absolute atomic E-state index is 0.108. The predicted octanol–water partition coefficient (Wildman–Crippen LogP) is 5.52. The fourth-order valence-electron chi connectivity index (χ4n) is 3.33. The van der Waals surface area contributed by atoms with E-state index in [1.165, 1.54) is 16.7 Å². The van der Waals surface area contributed by atoms with Gasteiger partial charge in [0.15, 0.2) is 5.69 Å². The zero-order chi connectivity index (χ0) is 23.4. The van der Waals surface area contributed by atoms with Crippen molar-refractivity contribution in [1.82, 2.24) is 14.5 Å². The Kier molecular flexibility index (Phi) is 6.53. The molecule has 0 aliphatic heterocycles. The van der Waals surface area contributed by atoms with Gasteiger partial charge in [0.25, 0.3) is 0 Å². The van der Waals surface area contributed by atoms with Crippen molar-refractivity contribution in [2.24, 2.45) is 7.05 Å². The lowest BCUT2D eigenvalue weighted by Gasteiger charge is -2.08. The first kappa shape index (κ1) is 22.3. The first-order chi connectivity index (χ1) is 16.0. The van der Waals surface area contributed by atoms with E-state index in [-0.39, 0.29) is 28.7 Å². The van der Waals surface area contributed by atoms with E-state index in [0.717, 1.165) is 5.56 Å². The van der Waals surface area contributed by atoms with Crippen LogP contribution in [0.15, 0.2) is 66.9 Å². The third-order valence-corrected chi connectivity index (χ3v) is 5.21. The van der Waals surface area contributed by atoms with E-state index in [2.05, 4.69) is 21.8 Å². The number of esters is 1. The molecule has 4 rings (SSSR count). The van der Waals surface area contributed by atoms with Crippen molar-refractivity contribution in [3.05, 3.63) is 94.7 Å². The Bertz CT molecular complexity index is 1350. The number of pyridine rings is 1. The second kappa shape index (κ2) is 9.68. The van der Waals surface area contributed by atoms with Gasteiger partial charge in [-0.15, -0.1) is 0 Å². The Hall–Kier alpha value is -3.95. The van der Waals surface area contributed by atoms with Gasteiger partial charge in [0.05, 0.1) is 17.2 Å². The second-order valence-corrected chi connectivity index (χ2v) is 7.46. The predicted molar refractivity (Wildman–Crippen MR) is 125 cm³/mol. The average Bonchev–Trinajstić information content (AvgIpc) is 3.15. The number of nitrogens with zero attached hydrogens (tertiary/aromatic N) is 3. The number of aromatic nitrogens is 3. The maximum atomic E-state index is 14.6. The van der Waals surface area contributed by atoms with Gasteiger partial charge in [-0.3, -0.25) is 0 Å².